The van der Waals surface area contributed by atoms with E-state index in [4.69, 9.17) is 9.47 Å². The van der Waals surface area contributed by atoms with Gasteiger partial charge in [0.05, 0.1) is 26.0 Å². The molecule has 1 aromatic rings. The van der Waals surface area contributed by atoms with Gasteiger partial charge in [0.2, 0.25) is 0 Å². The Kier molecular flexibility index (Phi) is 5.96. The minimum atomic E-state index is 0.331. The van der Waals surface area contributed by atoms with Crippen LogP contribution in [0, 0.1) is 0 Å². The molecule has 23 heavy (non-hydrogen) atoms. The lowest BCUT2D eigenvalue weighted by atomic mass is 10.2. The van der Waals surface area contributed by atoms with Crippen LogP contribution >= 0.6 is 15.9 Å². The molecule has 2 unspecified atom stereocenters. The molecule has 0 amide bonds. The summed E-state index contributed by atoms with van der Waals surface area (Å²) in [5.41, 5.74) is 1.11. The molecule has 0 spiro atoms. The third-order valence-corrected chi connectivity index (χ3v) is 5.54. The molecule has 3 rings (SSSR count). The number of nitrogens with zero attached hydrogens (tertiary/aromatic N) is 2. The smallest absolute Gasteiger partial charge is 0.124 e. The second-order valence-electron chi connectivity index (χ2n) is 6.42. The van der Waals surface area contributed by atoms with E-state index in [1.54, 1.807) is 7.11 Å². The molecular formula is C18H27BrN2O2. The summed E-state index contributed by atoms with van der Waals surface area (Å²) in [5, 5.41) is 0. The van der Waals surface area contributed by atoms with Gasteiger partial charge in [-0.25, -0.2) is 0 Å². The molecule has 0 radical (unpaired) electrons. The van der Waals surface area contributed by atoms with Crippen molar-refractivity contribution in [2.75, 3.05) is 33.3 Å². The van der Waals surface area contributed by atoms with Gasteiger partial charge >= 0.3 is 0 Å². The van der Waals surface area contributed by atoms with E-state index < -0.39 is 0 Å². The molecule has 2 aliphatic rings. The summed E-state index contributed by atoms with van der Waals surface area (Å²) in [5.74, 6) is 0.899. The van der Waals surface area contributed by atoms with Gasteiger partial charge < -0.3 is 9.47 Å². The van der Waals surface area contributed by atoms with Gasteiger partial charge in [0.15, 0.2) is 0 Å². The predicted octanol–water partition coefficient (Wildman–Crippen LogP) is 3.49. The molecule has 2 heterocycles. The highest BCUT2D eigenvalue weighted by atomic mass is 79.9. The standard InChI is InChI=1S/C18H27BrN2O2/c1-3-20-9-4-5-18(20)21-10-8-16(12-21)23-13-14-11-15(19)6-7-17(14)22-2/h6-7,11,16,18H,3-5,8-10,12-13H2,1-2H3. The normalized spacial score (nSPS) is 26.0. The Morgan fingerprint density at radius 1 is 1.26 bits per heavy atom. The van der Waals surface area contributed by atoms with Gasteiger partial charge in [0, 0.05) is 23.1 Å². The van der Waals surface area contributed by atoms with Crippen LogP contribution in [0.1, 0.15) is 31.7 Å². The molecule has 128 valence electrons. The lowest BCUT2D eigenvalue weighted by molar-refractivity contribution is 0.0300. The van der Waals surface area contributed by atoms with E-state index in [2.05, 4.69) is 38.7 Å². The van der Waals surface area contributed by atoms with Crippen LogP contribution in [-0.2, 0) is 11.3 Å². The number of likely N-dealkylation sites (tertiary alicyclic amines) is 2. The summed E-state index contributed by atoms with van der Waals surface area (Å²) >= 11 is 3.52. The Morgan fingerprint density at radius 3 is 2.91 bits per heavy atom. The van der Waals surface area contributed by atoms with Crippen LogP contribution in [-0.4, -0.2) is 55.4 Å². The van der Waals surface area contributed by atoms with Crippen LogP contribution < -0.4 is 4.74 Å². The second-order valence-corrected chi connectivity index (χ2v) is 7.34. The molecule has 0 saturated carbocycles. The van der Waals surface area contributed by atoms with Crippen molar-refractivity contribution in [1.82, 2.24) is 9.80 Å². The van der Waals surface area contributed by atoms with E-state index in [-0.39, 0.29) is 0 Å². The van der Waals surface area contributed by atoms with Crippen molar-refractivity contribution in [2.24, 2.45) is 0 Å². The van der Waals surface area contributed by atoms with E-state index in [9.17, 15) is 0 Å². The van der Waals surface area contributed by atoms with E-state index in [1.807, 2.05) is 12.1 Å². The fraction of sp³-hybridized carbons (Fsp3) is 0.667. The van der Waals surface area contributed by atoms with Crippen LogP contribution in [0.4, 0.5) is 0 Å². The van der Waals surface area contributed by atoms with Gasteiger partial charge in [0.1, 0.15) is 5.75 Å². The van der Waals surface area contributed by atoms with Crippen LogP contribution in [0.15, 0.2) is 22.7 Å². The van der Waals surface area contributed by atoms with Crippen molar-refractivity contribution in [1.29, 1.82) is 0 Å². The maximum Gasteiger partial charge on any atom is 0.124 e. The minimum absolute atomic E-state index is 0.331. The van der Waals surface area contributed by atoms with Gasteiger partial charge in [-0.1, -0.05) is 22.9 Å². The second kappa shape index (κ2) is 7.97. The van der Waals surface area contributed by atoms with Crippen molar-refractivity contribution in [3.05, 3.63) is 28.2 Å². The molecule has 5 heteroatoms. The fourth-order valence-electron chi connectivity index (χ4n) is 3.82. The Bertz CT molecular complexity index is 526. The first-order valence-corrected chi connectivity index (χ1v) is 9.42. The van der Waals surface area contributed by atoms with Crippen LogP contribution in [0.25, 0.3) is 0 Å². The zero-order chi connectivity index (χ0) is 16.2. The first kappa shape index (κ1) is 17.2. The number of methoxy groups -OCH3 is 1. The molecule has 2 aliphatic heterocycles. The quantitative estimate of drug-likeness (QED) is 0.751. The zero-order valence-corrected chi connectivity index (χ0v) is 15.7. The number of rotatable bonds is 6. The number of hydrogen-bond donors (Lipinski definition) is 0. The van der Waals surface area contributed by atoms with Crippen LogP contribution in [0.3, 0.4) is 0 Å². The van der Waals surface area contributed by atoms with E-state index >= 15 is 0 Å². The number of benzene rings is 1. The molecule has 0 aromatic heterocycles. The predicted molar refractivity (Wildman–Crippen MR) is 95.7 cm³/mol. The fourth-order valence-corrected chi connectivity index (χ4v) is 4.23. The van der Waals surface area contributed by atoms with Gasteiger partial charge in [-0.15, -0.1) is 0 Å². The first-order chi connectivity index (χ1) is 11.2. The van der Waals surface area contributed by atoms with Crippen molar-refractivity contribution < 1.29 is 9.47 Å². The topological polar surface area (TPSA) is 24.9 Å². The lowest BCUT2D eigenvalue weighted by Gasteiger charge is -2.31. The van der Waals surface area contributed by atoms with Crippen LogP contribution in [0.2, 0.25) is 0 Å². The molecular weight excluding hydrogens is 356 g/mol. The summed E-state index contributed by atoms with van der Waals surface area (Å²) in [6.07, 6.45) is 4.73. The number of hydrogen-bond acceptors (Lipinski definition) is 4. The summed E-state index contributed by atoms with van der Waals surface area (Å²) in [6.45, 7) is 7.49. The molecule has 0 N–H and O–H groups in total. The van der Waals surface area contributed by atoms with Crippen LogP contribution in [0.5, 0.6) is 5.75 Å². The van der Waals surface area contributed by atoms with E-state index in [0.29, 0.717) is 18.9 Å². The summed E-state index contributed by atoms with van der Waals surface area (Å²) in [6, 6.07) is 6.07. The zero-order valence-electron chi connectivity index (χ0n) is 14.1. The highest BCUT2D eigenvalue weighted by Crippen LogP contribution is 2.27. The first-order valence-electron chi connectivity index (χ1n) is 8.63. The summed E-state index contributed by atoms with van der Waals surface area (Å²) < 4.78 is 12.7. The van der Waals surface area contributed by atoms with Crippen molar-refractivity contribution in [2.45, 2.75) is 45.1 Å². The van der Waals surface area contributed by atoms with Crippen molar-refractivity contribution in [3.63, 3.8) is 0 Å². The molecule has 2 atom stereocenters. The van der Waals surface area contributed by atoms with E-state index in [1.165, 1.54) is 19.4 Å². The monoisotopic (exact) mass is 382 g/mol. The summed E-state index contributed by atoms with van der Waals surface area (Å²) in [4.78, 5) is 5.21. The Labute approximate surface area is 147 Å². The van der Waals surface area contributed by atoms with E-state index in [0.717, 1.165) is 41.8 Å². The maximum absolute atomic E-state index is 6.18. The third kappa shape index (κ3) is 4.08. The van der Waals surface area contributed by atoms with Gasteiger partial charge in [0.25, 0.3) is 0 Å². The molecule has 0 aliphatic carbocycles. The Morgan fingerprint density at radius 2 is 2.13 bits per heavy atom. The Balaban J connectivity index is 1.53. The largest absolute Gasteiger partial charge is 0.496 e. The molecule has 0 bridgehead atoms. The molecule has 4 nitrogen and oxygen atoms in total. The summed E-state index contributed by atoms with van der Waals surface area (Å²) in [7, 11) is 1.71. The highest BCUT2D eigenvalue weighted by Gasteiger charge is 2.34. The number of halogens is 1. The SMILES string of the molecule is CCN1CCCC1N1CCC(OCc2cc(Br)ccc2OC)C1. The third-order valence-electron chi connectivity index (χ3n) is 5.05. The molecule has 2 fully saturated rings. The van der Waals surface area contributed by atoms with Gasteiger partial charge in [-0.2, -0.15) is 0 Å². The van der Waals surface area contributed by atoms with Gasteiger partial charge in [-0.3, -0.25) is 9.80 Å². The Hall–Kier alpha value is -0.620. The number of ether oxygens (including phenoxy) is 2. The lowest BCUT2D eigenvalue weighted by Crippen LogP contribution is -2.43. The van der Waals surface area contributed by atoms with Gasteiger partial charge in [-0.05, 0) is 50.6 Å². The maximum atomic E-state index is 6.18. The highest BCUT2D eigenvalue weighted by molar-refractivity contribution is 9.10. The average molecular weight is 383 g/mol. The molecule has 2 saturated heterocycles. The minimum Gasteiger partial charge on any atom is -0.496 e. The molecule has 1 aromatic carbocycles. The van der Waals surface area contributed by atoms with Crippen molar-refractivity contribution >= 4 is 15.9 Å². The van der Waals surface area contributed by atoms with Crippen molar-refractivity contribution in [3.8, 4) is 5.75 Å². The average Bonchev–Trinajstić information content (AvgIpc) is 3.21.